The fourth-order valence-corrected chi connectivity index (χ4v) is 0.196. The van der Waals surface area contributed by atoms with Crippen LogP contribution < -0.4 is 22.9 Å². The van der Waals surface area contributed by atoms with Gasteiger partial charge in [-0.1, -0.05) is 10.3 Å². The summed E-state index contributed by atoms with van der Waals surface area (Å²) >= 11 is 0. The van der Waals surface area contributed by atoms with Crippen molar-refractivity contribution < 1.29 is 31.5 Å². The molecule has 0 saturated carbocycles. The first-order valence-corrected chi connectivity index (χ1v) is 3.31. The molecule has 0 aliphatic carbocycles. The van der Waals surface area contributed by atoms with Gasteiger partial charge in [0.2, 0.25) is 11.7 Å². The molecule has 10 N–H and O–H groups in total. The van der Waals surface area contributed by atoms with E-state index in [0.717, 1.165) is 0 Å². The van der Waals surface area contributed by atoms with Crippen LogP contribution in [-0.2, 0) is 21.1 Å². The van der Waals surface area contributed by atoms with Crippen LogP contribution in [0.1, 0.15) is 0 Å². The maximum absolute atomic E-state index is 9.42. The number of nitrogens with zero attached hydrogens (tertiary/aromatic N) is 4. The van der Waals surface area contributed by atoms with E-state index < -0.39 is 23.3 Å². The predicted octanol–water partition coefficient (Wildman–Crippen LogP) is -2.83. The Hall–Kier alpha value is -2.23. The number of nitrogens with two attached hydrogens (primary N) is 4. The molecular weight excluding hydrogens is 419 g/mol. The second kappa shape index (κ2) is 11.8. The Morgan fingerprint density at radius 1 is 0.706 bits per heavy atom. The fraction of sp³-hybridized carbons (Fsp3) is 0. The minimum absolute atomic E-state index is 0. The van der Waals surface area contributed by atoms with Crippen LogP contribution in [-0.4, -0.2) is 33.8 Å². The average molecular weight is 429 g/mol. The summed E-state index contributed by atoms with van der Waals surface area (Å²) in [5, 5.41) is 43.6. The molecule has 0 aromatic rings. The summed E-state index contributed by atoms with van der Waals surface area (Å²) in [7, 11) is 0. The fourth-order valence-electron chi connectivity index (χ4n) is 0.196. The Kier molecular flexibility index (Phi) is 14.1. The van der Waals surface area contributed by atoms with Crippen LogP contribution >= 0.6 is 0 Å². The van der Waals surface area contributed by atoms with Gasteiger partial charge in [-0.05, 0) is 0 Å². The third-order valence-electron chi connectivity index (χ3n) is 0.937. The summed E-state index contributed by atoms with van der Waals surface area (Å²) < 4.78 is 0. The van der Waals surface area contributed by atoms with Crippen LogP contribution in [0.2, 0.25) is 0 Å². The van der Waals surface area contributed by atoms with Crippen LogP contribution in [0.15, 0.2) is 20.6 Å². The van der Waals surface area contributed by atoms with E-state index in [9.17, 15) is 10.4 Å². The first kappa shape index (κ1) is 20.2. The molecule has 0 heterocycles. The van der Waals surface area contributed by atoms with E-state index >= 15 is 0 Å². The molecule has 0 aliphatic heterocycles. The predicted molar refractivity (Wildman–Crippen MR) is 56.8 cm³/mol. The number of hydrogen-bond acceptors (Lipinski definition) is 8. The molecule has 0 bridgehead atoms. The van der Waals surface area contributed by atoms with Gasteiger partial charge in [0, 0.05) is 0 Å². The zero-order valence-electron chi connectivity index (χ0n) is 8.13. The Morgan fingerprint density at radius 3 is 1.00 bits per heavy atom. The van der Waals surface area contributed by atoms with E-state index in [0.29, 0.717) is 0 Å². The summed E-state index contributed by atoms with van der Waals surface area (Å²) in [5.41, 5.74) is 19.0. The molecule has 17 heavy (non-hydrogen) atoms. The summed E-state index contributed by atoms with van der Waals surface area (Å²) in [4.78, 5) is 0. The molecule has 0 saturated heterocycles. The maximum atomic E-state index is 9.42. The van der Waals surface area contributed by atoms with Crippen molar-refractivity contribution in [2.75, 3.05) is 0 Å². The molecule has 0 fully saturated rings. The van der Waals surface area contributed by atoms with Crippen LogP contribution in [0, 0.1) is 10.4 Å². The minimum atomic E-state index is -0.521. The van der Waals surface area contributed by atoms with Crippen molar-refractivity contribution in [3.8, 4) is 0 Å². The van der Waals surface area contributed by atoms with Crippen molar-refractivity contribution in [1.29, 1.82) is 0 Å². The van der Waals surface area contributed by atoms with Crippen LogP contribution in [0.3, 0.4) is 0 Å². The third kappa shape index (κ3) is 10.1. The summed E-state index contributed by atoms with van der Waals surface area (Å²) in [6, 6.07) is 0. The second-order valence-electron chi connectivity index (χ2n) is 1.92. The summed E-state index contributed by atoms with van der Waals surface area (Å²) in [5.74, 6) is -1.99. The molecule has 100 valence electrons. The smallest absolute Gasteiger partial charge is 0.790 e. The van der Waals surface area contributed by atoms with E-state index in [-0.39, 0.29) is 21.1 Å². The number of hydrogen-bond donors (Lipinski definition) is 6. The summed E-state index contributed by atoms with van der Waals surface area (Å²) in [6.07, 6.45) is 0. The maximum Gasteiger partial charge on any atom is 2.00 e. The number of rotatable bonds is 0. The summed E-state index contributed by atoms with van der Waals surface area (Å²) in [6.45, 7) is 0. The van der Waals surface area contributed by atoms with Crippen molar-refractivity contribution in [3.63, 3.8) is 0 Å². The normalized spacial score (nSPS) is 13.2. The van der Waals surface area contributed by atoms with Gasteiger partial charge in [-0.2, -0.15) is 0 Å². The Labute approximate surface area is 109 Å². The van der Waals surface area contributed by atoms with Crippen molar-refractivity contribution in [3.05, 3.63) is 10.4 Å². The van der Waals surface area contributed by atoms with Crippen molar-refractivity contribution in [1.82, 2.24) is 0 Å². The van der Waals surface area contributed by atoms with Gasteiger partial charge in [0.15, 0.2) is 11.7 Å². The standard InChI is InChI=1S/2C2H6N4O2.Pt/c2*3-1(5-7)2(4)6-8;/h2*7-8H,(H2,3,5)(H2,4,6);/q;;+2/p-2. The second-order valence-corrected chi connectivity index (χ2v) is 1.92. The molecule has 0 unspecified atom stereocenters. The average Bonchev–Trinajstić information content (AvgIpc) is 2.35. The third-order valence-corrected chi connectivity index (χ3v) is 0.937. The Morgan fingerprint density at radius 2 is 0.941 bits per heavy atom. The van der Waals surface area contributed by atoms with Crippen LogP contribution in [0.4, 0.5) is 0 Å². The molecule has 0 atom stereocenters. The molecule has 0 rings (SSSR count). The molecule has 0 radical (unpaired) electrons. The number of oxime groups is 2. The molecular formula is C4H10N8O4Pt. The SMILES string of the molecule is NC(=N[O-])C(N)=NO.NC(=N[O-])C(N)=NO.[Pt+2]. The van der Waals surface area contributed by atoms with Gasteiger partial charge < -0.3 is 43.8 Å². The molecule has 0 amide bonds. The Bertz CT molecular complexity index is 261. The van der Waals surface area contributed by atoms with Crippen LogP contribution in [0.25, 0.3) is 0 Å². The van der Waals surface area contributed by atoms with Gasteiger partial charge in [-0.3, -0.25) is 10.3 Å². The first-order valence-electron chi connectivity index (χ1n) is 3.31. The molecule has 12 nitrogen and oxygen atoms in total. The van der Waals surface area contributed by atoms with Gasteiger partial charge >= 0.3 is 21.1 Å². The van der Waals surface area contributed by atoms with Gasteiger partial charge in [0.1, 0.15) is 0 Å². The van der Waals surface area contributed by atoms with E-state index in [1.54, 1.807) is 0 Å². The van der Waals surface area contributed by atoms with Gasteiger partial charge in [0.25, 0.3) is 0 Å². The zero-order valence-corrected chi connectivity index (χ0v) is 10.4. The Balaban J connectivity index is -0.000000218. The number of amidine groups is 4. The van der Waals surface area contributed by atoms with Gasteiger partial charge in [-0.25, -0.2) is 0 Å². The van der Waals surface area contributed by atoms with Crippen molar-refractivity contribution in [2.24, 2.45) is 43.6 Å². The van der Waals surface area contributed by atoms with Gasteiger partial charge in [0.05, 0.1) is 0 Å². The van der Waals surface area contributed by atoms with Crippen LogP contribution in [0.5, 0.6) is 0 Å². The van der Waals surface area contributed by atoms with Gasteiger partial charge in [-0.15, -0.1) is 0 Å². The molecule has 0 aromatic heterocycles. The molecule has 0 spiro atoms. The van der Waals surface area contributed by atoms with E-state index in [4.69, 9.17) is 33.3 Å². The molecule has 13 heteroatoms. The monoisotopic (exact) mass is 429 g/mol. The van der Waals surface area contributed by atoms with Crippen molar-refractivity contribution in [2.45, 2.75) is 0 Å². The molecule has 0 aromatic carbocycles. The van der Waals surface area contributed by atoms with E-state index in [1.165, 1.54) is 0 Å². The molecule has 0 aliphatic rings. The topological polar surface area (TPSA) is 240 Å². The minimum Gasteiger partial charge on any atom is -0.790 e. The largest absolute Gasteiger partial charge is 2.00 e. The van der Waals surface area contributed by atoms with E-state index in [2.05, 4.69) is 20.6 Å². The van der Waals surface area contributed by atoms with E-state index in [1.807, 2.05) is 0 Å². The van der Waals surface area contributed by atoms with Crippen molar-refractivity contribution >= 4 is 23.3 Å². The quantitative estimate of drug-likeness (QED) is 0.101. The first-order chi connectivity index (χ1) is 7.44. The zero-order chi connectivity index (χ0) is 13.1.